The van der Waals surface area contributed by atoms with Crippen molar-refractivity contribution in [2.75, 3.05) is 0 Å². The van der Waals surface area contributed by atoms with Gasteiger partial charge in [-0.15, -0.1) is 0 Å². The third-order valence-corrected chi connectivity index (χ3v) is 1.63. The lowest BCUT2D eigenvalue weighted by molar-refractivity contribution is 0.0645. The molecule has 1 heterocycles. The number of hydrogen-bond donors (Lipinski definition) is 2. The fourth-order valence-electron chi connectivity index (χ4n) is 0.792. The van der Waals surface area contributed by atoms with Crippen molar-refractivity contribution in [3.05, 3.63) is 28.3 Å². The van der Waals surface area contributed by atoms with Gasteiger partial charge in [0.25, 0.3) is 0 Å². The molecule has 0 radical (unpaired) electrons. The molecule has 0 saturated carbocycles. The van der Waals surface area contributed by atoms with E-state index in [0.717, 1.165) is 0 Å². The molecule has 0 fully saturated rings. The Balaban J connectivity index is 3.46. The van der Waals surface area contributed by atoms with Crippen LogP contribution >= 0.6 is 11.6 Å². The summed E-state index contributed by atoms with van der Waals surface area (Å²) >= 11 is 5.19. The molecule has 0 unspecified atom stereocenters. The first kappa shape index (κ1) is 10.4. The normalized spacial score (nSPS) is 9.86. The molecule has 0 amide bonds. The highest BCUT2D eigenvalue weighted by atomic mass is 35.5. The number of carboxylic acids is 2. The summed E-state index contributed by atoms with van der Waals surface area (Å²) in [5.41, 5.74) is -1.52. The van der Waals surface area contributed by atoms with Crippen molar-refractivity contribution >= 4 is 23.5 Å². The van der Waals surface area contributed by atoms with E-state index in [1.807, 2.05) is 0 Å². The lowest BCUT2D eigenvalue weighted by atomic mass is 10.2. The van der Waals surface area contributed by atoms with Gasteiger partial charge in [-0.2, -0.15) is 0 Å². The van der Waals surface area contributed by atoms with E-state index < -0.39 is 34.2 Å². The fraction of sp³-hybridized carbons (Fsp3) is 0. The van der Waals surface area contributed by atoms with Crippen LogP contribution < -0.4 is 0 Å². The van der Waals surface area contributed by atoms with Crippen molar-refractivity contribution in [1.29, 1.82) is 0 Å². The molecule has 0 bridgehead atoms. The first-order valence-corrected chi connectivity index (χ1v) is 3.64. The van der Waals surface area contributed by atoms with Crippen molar-refractivity contribution in [3.8, 4) is 0 Å². The average Bonchev–Trinajstić information content (AvgIpc) is 2.08. The van der Waals surface area contributed by atoms with Crippen LogP contribution in [0.5, 0.6) is 0 Å². The van der Waals surface area contributed by atoms with Crippen LogP contribution in [0.25, 0.3) is 0 Å². The van der Waals surface area contributed by atoms with Gasteiger partial charge in [-0.3, -0.25) is 0 Å². The second-order valence-corrected chi connectivity index (χ2v) is 2.63. The number of pyridine rings is 1. The van der Waals surface area contributed by atoms with Crippen molar-refractivity contribution in [2.45, 2.75) is 0 Å². The van der Waals surface area contributed by atoms with Gasteiger partial charge in [0.1, 0.15) is 0 Å². The Kier molecular flexibility index (Phi) is 2.66. The Morgan fingerprint density at radius 3 is 2.36 bits per heavy atom. The summed E-state index contributed by atoms with van der Waals surface area (Å²) in [7, 11) is 0. The van der Waals surface area contributed by atoms with Crippen LogP contribution in [0.15, 0.2) is 6.07 Å². The summed E-state index contributed by atoms with van der Waals surface area (Å²) in [5, 5.41) is 16.4. The van der Waals surface area contributed by atoms with Crippen LogP contribution in [0.3, 0.4) is 0 Å². The standard InChI is InChI=1S/C7H3ClFNO4/c8-5-3(9)1-2(6(11)12)4(10-5)7(13)14/h1H,(H,11,12)(H,13,14). The van der Waals surface area contributed by atoms with Crippen molar-refractivity contribution < 1.29 is 24.2 Å². The van der Waals surface area contributed by atoms with Gasteiger partial charge in [0.2, 0.25) is 0 Å². The van der Waals surface area contributed by atoms with E-state index in [0.29, 0.717) is 6.07 Å². The highest BCUT2D eigenvalue weighted by molar-refractivity contribution is 6.29. The molecule has 14 heavy (non-hydrogen) atoms. The zero-order valence-electron chi connectivity index (χ0n) is 6.49. The summed E-state index contributed by atoms with van der Waals surface area (Å²) in [6, 6.07) is 0.515. The van der Waals surface area contributed by atoms with E-state index in [9.17, 15) is 14.0 Å². The SMILES string of the molecule is O=C(O)c1cc(F)c(Cl)nc1C(=O)O. The number of aromatic nitrogens is 1. The van der Waals surface area contributed by atoms with Crippen LogP contribution in [0, 0.1) is 5.82 Å². The Labute approximate surface area is 81.8 Å². The van der Waals surface area contributed by atoms with Crippen molar-refractivity contribution in [1.82, 2.24) is 4.98 Å². The molecule has 0 aliphatic carbocycles. The monoisotopic (exact) mass is 219 g/mol. The van der Waals surface area contributed by atoms with Gasteiger partial charge in [-0.1, -0.05) is 11.6 Å². The number of carboxylic acid groups (broad SMARTS) is 2. The summed E-state index contributed by atoms with van der Waals surface area (Å²) < 4.78 is 12.7. The van der Waals surface area contributed by atoms with Gasteiger partial charge in [0.15, 0.2) is 16.7 Å². The molecule has 0 saturated heterocycles. The summed E-state index contributed by atoms with van der Waals surface area (Å²) in [5.74, 6) is -4.23. The minimum absolute atomic E-state index is 0.515. The molecule has 1 aromatic heterocycles. The molecular formula is C7H3ClFNO4. The summed E-state index contributed by atoms with van der Waals surface area (Å²) in [4.78, 5) is 24.1. The molecule has 74 valence electrons. The fourth-order valence-corrected chi connectivity index (χ4v) is 0.932. The van der Waals surface area contributed by atoms with Gasteiger partial charge in [0, 0.05) is 0 Å². The van der Waals surface area contributed by atoms with E-state index in [1.165, 1.54) is 0 Å². The number of halogens is 2. The Bertz CT molecular complexity index is 381. The molecule has 1 aromatic rings. The number of aromatic carboxylic acids is 2. The van der Waals surface area contributed by atoms with Crippen LogP contribution in [0.4, 0.5) is 4.39 Å². The number of hydrogen-bond acceptors (Lipinski definition) is 3. The summed E-state index contributed by atoms with van der Waals surface area (Å²) in [6.07, 6.45) is 0. The maximum Gasteiger partial charge on any atom is 0.355 e. The predicted octanol–water partition coefficient (Wildman–Crippen LogP) is 1.27. The molecule has 0 atom stereocenters. The Morgan fingerprint density at radius 1 is 1.36 bits per heavy atom. The van der Waals surface area contributed by atoms with E-state index in [-0.39, 0.29) is 0 Å². The van der Waals surface area contributed by atoms with Crippen LogP contribution in [0.1, 0.15) is 20.8 Å². The first-order chi connectivity index (χ1) is 6.43. The van der Waals surface area contributed by atoms with Crippen molar-refractivity contribution in [2.24, 2.45) is 0 Å². The molecule has 0 aliphatic rings. The van der Waals surface area contributed by atoms with Gasteiger partial charge < -0.3 is 10.2 Å². The van der Waals surface area contributed by atoms with E-state index in [2.05, 4.69) is 4.98 Å². The van der Waals surface area contributed by atoms with E-state index in [4.69, 9.17) is 21.8 Å². The maximum absolute atomic E-state index is 12.7. The molecule has 0 aliphatic heterocycles. The van der Waals surface area contributed by atoms with Crippen molar-refractivity contribution in [3.63, 3.8) is 0 Å². The summed E-state index contributed by atoms with van der Waals surface area (Å²) in [6.45, 7) is 0. The highest BCUT2D eigenvalue weighted by Crippen LogP contribution is 2.16. The number of rotatable bonds is 2. The van der Waals surface area contributed by atoms with Gasteiger partial charge in [-0.25, -0.2) is 19.0 Å². The van der Waals surface area contributed by atoms with E-state index >= 15 is 0 Å². The second kappa shape index (κ2) is 3.59. The lowest BCUT2D eigenvalue weighted by Gasteiger charge is -2.01. The van der Waals surface area contributed by atoms with Crippen LogP contribution in [-0.4, -0.2) is 27.1 Å². The van der Waals surface area contributed by atoms with Crippen LogP contribution in [-0.2, 0) is 0 Å². The molecule has 0 aromatic carbocycles. The third kappa shape index (κ3) is 1.80. The Hall–Kier alpha value is -1.69. The maximum atomic E-state index is 12.7. The predicted molar refractivity (Wildman–Crippen MR) is 43.1 cm³/mol. The second-order valence-electron chi connectivity index (χ2n) is 2.27. The molecule has 2 N–H and O–H groups in total. The van der Waals surface area contributed by atoms with Gasteiger partial charge in [-0.05, 0) is 6.07 Å². The number of nitrogens with zero attached hydrogens (tertiary/aromatic N) is 1. The van der Waals surface area contributed by atoms with Gasteiger partial charge >= 0.3 is 11.9 Å². The van der Waals surface area contributed by atoms with E-state index in [1.54, 1.807) is 0 Å². The van der Waals surface area contributed by atoms with Crippen LogP contribution in [0.2, 0.25) is 5.15 Å². The molecule has 7 heteroatoms. The molecule has 1 rings (SSSR count). The topological polar surface area (TPSA) is 87.5 Å². The average molecular weight is 220 g/mol. The zero-order chi connectivity index (χ0) is 10.9. The Morgan fingerprint density at radius 2 is 1.93 bits per heavy atom. The largest absolute Gasteiger partial charge is 0.478 e. The molecular weight excluding hydrogens is 217 g/mol. The highest BCUT2D eigenvalue weighted by Gasteiger charge is 2.20. The zero-order valence-corrected chi connectivity index (χ0v) is 7.25. The van der Waals surface area contributed by atoms with Gasteiger partial charge in [0.05, 0.1) is 5.56 Å². The minimum Gasteiger partial charge on any atom is -0.478 e. The first-order valence-electron chi connectivity index (χ1n) is 3.26. The molecule has 0 spiro atoms. The number of carbonyl (C=O) groups is 2. The molecule has 5 nitrogen and oxygen atoms in total. The quantitative estimate of drug-likeness (QED) is 0.732. The third-order valence-electron chi connectivity index (χ3n) is 1.37. The lowest BCUT2D eigenvalue weighted by Crippen LogP contribution is -2.11. The smallest absolute Gasteiger partial charge is 0.355 e. The minimum atomic E-state index is -1.58.